The van der Waals surface area contributed by atoms with Gasteiger partial charge in [-0.15, -0.1) is 5.54 Å². The summed E-state index contributed by atoms with van der Waals surface area (Å²) in [7, 11) is -0.344. The molecule has 0 atom stereocenters. The second-order valence-corrected chi connectivity index (χ2v) is 12.5. The highest BCUT2D eigenvalue weighted by molar-refractivity contribution is 6.90. The smallest absolute Gasteiger partial charge is 0.337 e. The molecular formula is C21H28O2Si. The molecule has 3 heteroatoms. The fourth-order valence-electron chi connectivity index (χ4n) is 3.48. The van der Waals surface area contributed by atoms with Gasteiger partial charge < -0.3 is 4.74 Å². The van der Waals surface area contributed by atoms with Gasteiger partial charge in [0.15, 0.2) is 0 Å². The molecule has 0 amide bonds. The van der Waals surface area contributed by atoms with E-state index in [0.717, 1.165) is 5.56 Å². The molecule has 0 spiro atoms. The summed E-state index contributed by atoms with van der Waals surface area (Å²) in [5.74, 6) is 8.85. The van der Waals surface area contributed by atoms with Crippen molar-refractivity contribution in [1.29, 1.82) is 0 Å². The molecule has 0 radical (unpaired) electrons. The first-order valence-electron chi connectivity index (χ1n) is 8.47. The molecule has 24 heavy (non-hydrogen) atoms. The summed E-state index contributed by atoms with van der Waals surface area (Å²) in [6.45, 7) is 13.7. The Kier molecular flexibility index (Phi) is 7.33. The van der Waals surface area contributed by atoms with E-state index in [4.69, 9.17) is 0 Å². The van der Waals surface area contributed by atoms with Crippen LogP contribution in [-0.4, -0.2) is 21.2 Å². The van der Waals surface area contributed by atoms with Crippen molar-refractivity contribution in [3.63, 3.8) is 0 Å². The summed E-state index contributed by atoms with van der Waals surface area (Å²) in [5.41, 5.74) is 6.77. The molecule has 0 aliphatic rings. The van der Waals surface area contributed by atoms with E-state index < -0.39 is 8.07 Å². The minimum absolute atomic E-state index is 0.337. The molecule has 0 aliphatic heterocycles. The zero-order valence-electron chi connectivity index (χ0n) is 15.9. The maximum absolute atomic E-state index is 11.4. The molecule has 0 fully saturated rings. The van der Waals surface area contributed by atoms with Crippen LogP contribution in [0.15, 0.2) is 24.3 Å². The second-order valence-electron chi connectivity index (χ2n) is 6.97. The molecule has 0 saturated heterocycles. The van der Waals surface area contributed by atoms with Crippen molar-refractivity contribution in [3.05, 3.63) is 35.4 Å². The molecule has 1 aromatic carbocycles. The summed E-state index contributed by atoms with van der Waals surface area (Å²) in [5, 5.41) is 0. The van der Waals surface area contributed by atoms with Crippen LogP contribution >= 0.6 is 0 Å². The van der Waals surface area contributed by atoms with E-state index in [-0.39, 0.29) is 5.97 Å². The first-order chi connectivity index (χ1) is 11.3. The Labute approximate surface area is 148 Å². The Hall–Kier alpha value is -1.97. The maximum Gasteiger partial charge on any atom is 0.337 e. The third kappa shape index (κ3) is 4.53. The van der Waals surface area contributed by atoms with Crippen LogP contribution in [0.4, 0.5) is 0 Å². The van der Waals surface area contributed by atoms with Crippen molar-refractivity contribution in [1.82, 2.24) is 0 Å². The predicted molar refractivity (Wildman–Crippen MR) is 103 cm³/mol. The minimum atomic E-state index is -1.72. The fraction of sp³-hybridized carbons (Fsp3) is 0.476. The predicted octanol–water partition coefficient (Wildman–Crippen LogP) is 5.05. The standard InChI is InChI=1S/C21H28O2Si/c1-16(2)24(17(3)4,18(5)6)15-9-8-10-19-11-13-20(14-12-19)21(22)23-7/h11-14,16-18H,1-7H3. The van der Waals surface area contributed by atoms with Crippen LogP contribution in [0.1, 0.15) is 57.5 Å². The number of ether oxygens (including phenoxy) is 1. The van der Waals surface area contributed by atoms with Crippen molar-refractivity contribution in [2.75, 3.05) is 7.11 Å². The van der Waals surface area contributed by atoms with Crippen LogP contribution in [0.5, 0.6) is 0 Å². The van der Waals surface area contributed by atoms with Gasteiger partial charge in [-0.1, -0.05) is 47.5 Å². The zero-order chi connectivity index (χ0) is 18.3. The highest BCUT2D eigenvalue weighted by Gasteiger charge is 2.41. The van der Waals surface area contributed by atoms with Crippen LogP contribution in [0.25, 0.3) is 0 Å². The van der Waals surface area contributed by atoms with Gasteiger partial charge in [0.25, 0.3) is 0 Å². The molecular weight excluding hydrogens is 312 g/mol. The number of methoxy groups -OCH3 is 1. The molecule has 0 aromatic heterocycles. The first kappa shape index (κ1) is 20.1. The monoisotopic (exact) mass is 340 g/mol. The number of rotatable bonds is 4. The Bertz CT molecular complexity index is 655. The maximum atomic E-state index is 11.4. The van der Waals surface area contributed by atoms with Crippen LogP contribution in [0.2, 0.25) is 16.6 Å². The molecule has 0 heterocycles. The first-order valence-corrected chi connectivity index (χ1v) is 10.7. The molecule has 0 saturated carbocycles. The number of hydrogen-bond donors (Lipinski definition) is 0. The topological polar surface area (TPSA) is 26.3 Å². The average molecular weight is 341 g/mol. The fourth-order valence-corrected chi connectivity index (χ4v) is 8.63. The van der Waals surface area contributed by atoms with E-state index in [2.05, 4.69) is 69.6 Å². The molecule has 1 aromatic rings. The Morgan fingerprint density at radius 3 is 1.83 bits per heavy atom. The number of carbonyl (C=O) groups excluding carboxylic acids is 1. The van der Waals surface area contributed by atoms with Gasteiger partial charge in [-0.25, -0.2) is 4.79 Å². The lowest BCUT2D eigenvalue weighted by Gasteiger charge is -2.37. The van der Waals surface area contributed by atoms with E-state index in [1.807, 2.05) is 12.1 Å². The molecule has 0 unspecified atom stereocenters. The molecule has 0 bridgehead atoms. The van der Waals surface area contributed by atoms with E-state index in [1.54, 1.807) is 12.1 Å². The Morgan fingerprint density at radius 2 is 1.42 bits per heavy atom. The quantitative estimate of drug-likeness (QED) is 0.436. The molecule has 128 valence electrons. The van der Waals surface area contributed by atoms with E-state index in [1.165, 1.54) is 7.11 Å². The van der Waals surface area contributed by atoms with Crippen LogP contribution in [0, 0.1) is 23.3 Å². The van der Waals surface area contributed by atoms with Crippen molar-refractivity contribution >= 4 is 14.0 Å². The zero-order valence-corrected chi connectivity index (χ0v) is 16.9. The molecule has 1 rings (SSSR count). The van der Waals surface area contributed by atoms with Crippen LogP contribution in [0.3, 0.4) is 0 Å². The van der Waals surface area contributed by atoms with Gasteiger partial charge in [0.1, 0.15) is 8.07 Å². The number of hydrogen-bond acceptors (Lipinski definition) is 2. The van der Waals surface area contributed by atoms with E-state index in [0.29, 0.717) is 22.2 Å². The number of esters is 1. The average Bonchev–Trinajstić information content (AvgIpc) is 2.53. The van der Waals surface area contributed by atoms with Gasteiger partial charge in [-0.2, -0.15) is 0 Å². The summed E-state index contributed by atoms with van der Waals surface area (Å²) in [6.07, 6.45) is 0. The van der Waals surface area contributed by atoms with Crippen molar-refractivity contribution in [2.45, 2.75) is 58.2 Å². The summed E-state index contributed by atoms with van der Waals surface area (Å²) >= 11 is 0. The van der Waals surface area contributed by atoms with Crippen molar-refractivity contribution in [3.8, 4) is 23.3 Å². The van der Waals surface area contributed by atoms with Crippen LogP contribution < -0.4 is 0 Å². The van der Waals surface area contributed by atoms with E-state index in [9.17, 15) is 4.79 Å². The lowest BCUT2D eigenvalue weighted by molar-refractivity contribution is 0.0600. The van der Waals surface area contributed by atoms with Gasteiger partial charge in [-0.05, 0) is 52.7 Å². The summed E-state index contributed by atoms with van der Waals surface area (Å²) < 4.78 is 4.69. The second kappa shape index (κ2) is 8.76. The van der Waals surface area contributed by atoms with Gasteiger partial charge in [0, 0.05) is 5.56 Å². The molecule has 2 nitrogen and oxygen atoms in total. The SMILES string of the molecule is COC(=O)c1ccc(C#CC#C[Si](C(C)C)(C(C)C)C(C)C)cc1. The largest absolute Gasteiger partial charge is 0.465 e. The minimum Gasteiger partial charge on any atom is -0.465 e. The highest BCUT2D eigenvalue weighted by Crippen LogP contribution is 2.40. The van der Waals surface area contributed by atoms with Crippen LogP contribution in [-0.2, 0) is 4.74 Å². The van der Waals surface area contributed by atoms with Gasteiger partial charge in [0.05, 0.1) is 12.7 Å². The number of carbonyl (C=O) groups is 1. The lowest BCUT2D eigenvalue weighted by atomic mass is 10.1. The van der Waals surface area contributed by atoms with E-state index >= 15 is 0 Å². The normalized spacial score (nSPS) is 10.9. The lowest BCUT2D eigenvalue weighted by Crippen LogP contribution is -2.43. The number of benzene rings is 1. The third-order valence-corrected chi connectivity index (χ3v) is 11.0. The Balaban J connectivity index is 3.03. The Morgan fingerprint density at radius 1 is 0.917 bits per heavy atom. The van der Waals surface area contributed by atoms with Gasteiger partial charge >= 0.3 is 5.97 Å². The summed E-state index contributed by atoms with van der Waals surface area (Å²) in [4.78, 5) is 11.4. The third-order valence-electron chi connectivity index (χ3n) is 4.72. The van der Waals surface area contributed by atoms with Crippen molar-refractivity contribution < 1.29 is 9.53 Å². The van der Waals surface area contributed by atoms with Crippen molar-refractivity contribution in [2.24, 2.45) is 0 Å². The van der Waals surface area contributed by atoms with Gasteiger partial charge in [-0.3, -0.25) is 0 Å². The highest BCUT2D eigenvalue weighted by atomic mass is 28.3. The van der Waals surface area contributed by atoms with Gasteiger partial charge in [0.2, 0.25) is 0 Å². The molecule has 0 aliphatic carbocycles. The molecule has 0 N–H and O–H groups in total. The summed E-state index contributed by atoms with van der Waals surface area (Å²) in [6, 6.07) is 7.08.